The maximum atomic E-state index is 5.83. The predicted octanol–water partition coefficient (Wildman–Crippen LogP) is 1.33. The fourth-order valence-corrected chi connectivity index (χ4v) is 2.31. The standard InChI is InChI=1S/C6H6ClN5OS2/c7-5-3(9-12-15-5)2-14-6-11-10-4(1-8)13-6/h1-2,8H2. The second-order valence-corrected chi connectivity index (χ2v) is 4.73. The smallest absolute Gasteiger partial charge is 0.277 e. The third-order valence-corrected chi connectivity index (χ3v) is 3.28. The van der Waals surface area contributed by atoms with Gasteiger partial charge in [0.05, 0.1) is 6.54 Å². The summed E-state index contributed by atoms with van der Waals surface area (Å²) in [4.78, 5) is 0. The van der Waals surface area contributed by atoms with Crippen molar-refractivity contribution in [1.82, 2.24) is 19.8 Å². The van der Waals surface area contributed by atoms with E-state index in [1.165, 1.54) is 11.8 Å². The number of nitrogens with zero attached hydrogens (tertiary/aromatic N) is 4. The van der Waals surface area contributed by atoms with Crippen LogP contribution in [0.5, 0.6) is 0 Å². The van der Waals surface area contributed by atoms with Crippen molar-refractivity contribution >= 4 is 34.9 Å². The Morgan fingerprint density at radius 3 is 2.87 bits per heavy atom. The molecule has 2 N–H and O–H groups in total. The normalized spacial score (nSPS) is 10.8. The molecule has 2 heterocycles. The molecule has 0 aliphatic carbocycles. The molecule has 0 saturated heterocycles. The predicted molar refractivity (Wildman–Crippen MR) is 56.7 cm³/mol. The summed E-state index contributed by atoms with van der Waals surface area (Å²) in [6.07, 6.45) is 0. The van der Waals surface area contributed by atoms with Gasteiger partial charge in [0, 0.05) is 17.3 Å². The zero-order chi connectivity index (χ0) is 10.7. The number of rotatable bonds is 4. The van der Waals surface area contributed by atoms with Gasteiger partial charge in [-0.25, -0.2) is 0 Å². The summed E-state index contributed by atoms with van der Waals surface area (Å²) < 4.78 is 9.50. The van der Waals surface area contributed by atoms with E-state index in [0.29, 0.717) is 21.2 Å². The summed E-state index contributed by atoms with van der Waals surface area (Å²) in [5, 5.41) is 11.8. The van der Waals surface area contributed by atoms with Gasteiger partial charge in [-0.3, -0.25) is 0 Å². The highest BCUT2D eigenvalue weighted by Gasteiger charge is 2.09. The fourth-order valence-electron chi connectivity index (χ4n) is 0.792. The summed E-state index contributed by atoms with van der Waals surface area (Å²) in [6, 6.07) is 0. The summed E-state index contributed by atoms with van der Waals surface area (Å²) in [5.41, 5.74) is 6.05. The van der Waals surface area contributed by atoms with E-state index in [-0.39, 0.29) is 6.54 Å². The van der Waals surface area contributed by atoms with Crippen LogP contribution in [0.4, 0.5) is 0 Å². The van der Waals surface area contributed by atoms with Gasteiger partial charge < -0.3 is 10.2 Å². The second kappa shape index (κ2) is 4.88. The molecule has 0 spiro atoms. The van der Waals surface area contributed by atoms with Crippen LogP contribution in [0.3, 0.4) is 0 Å². The lowest BCUT2D eigenvalue weighted by molar-refractivity contribution is 0.414. The van der Waals surface area contributed by atoms with Crippen molar-refractivity contribution < 1.29 is 4.42 Å². The molecule has 9 heteroatoms. The zero-order valence-electron chi connectivity index (χ0n) is 7.38. The molecule has 80 valence electrons. The number of hydrogen-bond acceptors (Lipinski definition) is 8. The third-order valence-electron chi connectivity index (χ3n) is 1.46. The SMILES string of the molecule is NCc1nnc(SCc2nnsc2Cl)o1. The highest BCUT2D eigenvalue weighted by atomic mass is 35.5. The lowest BCUT2D eigenvalue weighted by Crippen LogP contribution is -1.95. The minimum Gasteiger partial charge on any atom is -0.415 e. The maximum absolute atomic E-state index is 5.83. The Balaban J connectivity index is 1.96. The van der Waals surface area contributed by atoms with Gasteiger partial charge in [-0.05, 0) is 0 Å². The first kappa shape index (κ1) is 10.8. The number of halogens is 1. The van der Waals surface area contributed by atoms with Crippen LogP contribution in [0.1, 0.15) is 11.6 Å². The summed E-state index contributed by atoms with van der Waals surface area (Å²) in [5.74, 6) is 0.974. The molecule has 2 aromatic heterocycles. The van der Waals surface area contributed by atoms with Crippen LogP contribution in [0.2, 0.25) is 4.34 Å². The molecule has 0 fully saturated rings. The molecule has 0 saturated carbocycles. The molecule has 0 atom stereocenters. The molecule has 0 amide bonds. The zero-order valence-corrected chi connectivity index (χ0v) is 9.77. The van der Waals surface area contributed by atoms with Gasteiger partial charge in [-0.1, -0.05) is 27.9 Å². The van der Waals surface area contributed by atoms with E-state index in [1.54, 1.807) is 0 Å². The molecule has 6 nitrogen and oxygen atoms in total. The summed E-state index contributed by atoms with van der Waals surface area (Å²) in [6.45, 7) is 0.243. The monoisotopic (exact) mass is 263 g/mol. The van der Waals surface area contributed by atoms with Crippen LogP contribution in [0.25, 0.3) is 0 Å². The molecular weight excluding hydrogens is 258 g/mol. The van der Waals surface area contributed by atoms with Gasteiger partial charge in [-0.2, -0.15) is 0 Å². The molecule has 15 heavy (non-hydrogen) atoms. The summed E-state index contributed by atoms with van der Waals surface area (Å²) in [7, 11) is 0. The van der Waals surface area contributed by atoms with Crippen LogP contribution in [-0.4, -0.2) is 19.8 Å². The topological polar surface area (TPSA) is 90.7 Å². The van der Waals surface area contributed by atoms with Crippen molar-refractivity contribution in [1.29, 1.82) is 0 Å². The van der Waals surface area contributed by atoms with Gasteiger partial charge >= 0.3 is 0 Å². The van der Waals surface area contributed by atoms with Crippen LogP contribution in [-0.2, 0) is 12.3 Å². The first-order chi connectivity index (χ1) is 7.29. The van der Waals surface area contributed by atoms with Crippen LogP contribution in [0.15, 0.2) is 9.64 Å². The Morgan fingerprint density at radius 2 is 2.27 bits per heavy atom. The van der Waals surface area contributed by atoms with Gasteiger partial charge in [0.2, 0.25) is 5.89 Å². The molecule has 2 rings (SSSR count). The number of thioether (sulfide) groups is 1. The van der Waals surface area contributed by atoms with Gasteiger partial charge in [0.15, 0.2) is 0 Å². The van der Waals surface area contributed by atoms with E-state index in [9.17, 15) is 0 Å². The van der Waals surface area contributed by atoms with Crippen molar-refractivity contribution in [3.63, 3.8) is 0 Å². The van der Waals surface area contributed by atoms with E-state index in [1.807, 2.05) is 0 Å². The van der Waals surface area contributed by atoms with E-state index in [4.69, 9.17) is 21.8 Å². The molecule has 0 unspecified atom stereocenters. The van der Waals surface area contributed by atoms with Crippen molar-refractivity contribution in [2.24, 2.45) is 5.73 Å². The molecule has 2 aromatic rings. The van der Waals surface area contributed by atoms with Crippen molar-refractivity contribution in [2.75, 3.05) is 0 Å². The highest BCUT2D eigenvalue weighted by Crippen LogP contribution is 2.25. The van der Waals surface area contributed by atoms with E-state index >= 15 is 0 Å². The Hall–Kier alpha value is -0.700. The minimum atomic E-state index is 0.243. The van der Waals surface area contributed by atoms with E-state index in [2.05, 4.69) is 19.8 Å². The lowest BCUT2D eigenvalue weighted by Gasteiger charge is -1.91. The van der Waals surface area contributed by atoms with Crippen LogP contribution >= 0.6 is 34.9 Å². The van der Waals surface area contributed by atoms with Crippen LogP contribution < -0.4 is 5.73 Å². The Bertz CT molecular complexity index is 444. The molecular formula is C6H6ClN5OS2. The molecule has 0 radical (unpaired) electrons. The maximum Gasteiger partial charge on any atom is 0.277 e. The average molecular weight is 264 g/mol. The minimum absolute atomic E-state index is 0.243. The first-order valence-electron chi connectivity index (χ1n) is 3.91. The van der Waals surface area contributed by atoms with Gasteiger partial charge in [0.25, 0.3) is 5.22 Å². The van der Waals surface area contributed by atoms with E-state index in [0.717, 1.165) is 17.2 Å². The lowest BCUT2D eigenvalue weighted by atomic mass is 10.6. The average Bonchev–Trinajstić information content (AvgIpc) is 2.84. The molecule has 0 aromatic carbocycles. The quantitative estimate of drug-likeness (QED) is 0.832. The molecule has 0 aliphatic rings. The van der Waals surface area contributed by atoms with Crippen LogP contribution in [0, 0.1) is 0 Å². The molecule has 0 bridgehead atoms. The third kappa shape index (κ3) is 2.65. The van der Waals surface area contributed by atoms with Crippen molar-refractivity contribution in [3.8, 4) is 0 Å². The number of hydrogen-bond donors (Lipinski definition) is 1. The summed E-state index contributed by atoms with van der Waals surface area (Å²) >= 11 is 8.34. The highest BCUT2D eigenvalue weighted by molar-refractivity contribution is 7.98. The second-order valence-electron chi connectivity index (χ2n) is 2.45. The van der Waals surface area contributed by atoms with Crippen molar-refractivity contribution in [3.05, 3.63) is 15.9 Å². The van der Waals surface area contributed by atoms with Gasteiger partial charge in [0.1, 0.15) is 10.0 Å². The Labute approximate surface area is 98.4 Å². The number of nitrogens with two attached hydrogens (primary N) is 1. The molecule has 0 aliphatic heterocycles. The van der Waals surface area contributed by atoms with E-state index < -0.39 is 0 Å². The van der Waals surface area contributed by atoms with Crippen molar-refractivity contribution in [2.45, 2.75) is 17.5 Å². The largest absolute Gasteiger partial charge is 0.415 e. The Morgan fingerprint density at radius 1 is 1.40 bits per heavy atom. The first-order valence-corrected chi connectivity index (χ1v) is 6.05. The fraction of sp³-hybridized carbons (Fsp3) is 0.333. The van der Waals surface area contributed by atoms with Gasteiger partial charge in [-0.15, -0.1) is 15.3 Å². The Kier molecular flexibility index (Phi) is 3.52. The number of aromatic nitrogens is 4.